The van der Waals surface area contributed by atoms with Crippen LogP contribution in [0.25, 0.3) is 16.9 Å². The maximum Gasteiger partial charge on any atom is 0.150 e. The second-order valence-corrected chi connectivity index (χ2v) is 6.55. The number of anilines is 2. The predicted octanol–water partition coefficient (Wildman–Crippen LogP) is 2.26. The Morgan fingerprint density at radius 3 is 2.69 bits per heavy atom. The minimum atomic E-state index is 0.541. The molecule has 8 heteroatoms. The van der Waals surface area contributed by atoms with Crippen LogP contribution in [0.2, 0.25) is 0 Å². The van der Waals surface area contributed by atoms with Crippen molar-refractivity contribution in [2.45, 2.75) is 6.54 Å². The first-order valence-corrected chi connectivity index (χ1v) is 9.36. The van der Waals surface area contributed by atoms with Crippen LogP contribution in [0.3, 0.4) is 0 Å². The number of nitrogens with one attached hydrogen (secondary N) is 2. The zero-order valence-electron chi connectivity index (χ0n) is 16.2. The zero-order valence-corrected chi connectivity index (χ0v) is 16.2. The van der Waals surface area contributed by atoms with E-state index in [0.29, 0.717) is 24.3 Å². The van der Waals surface area contributed by atoms with E-state index < -0.39 is 0 Å². The standard InChI is InChI=1S/C21H21BN6O/c1-29-10-9-23-19-8-7-15(12-24-19)13-25-20-11-18(16-5-3-2-4-6-16)27-21-17(22)14-26-28(20)21/h2-8,11-12,14,25H,9-10,13H2,1H3,(H,23,24). The third kappa shape index (κ3) is 4.38. The highest BCUT2D eigenvalue weighted by Crippen LogP contribution is 2.21. The maximum atomic E-state index is 6.07. The van der Waals surface area contributed by atoms with Gasteiger partial charge in [-0.2, -0.15) is 9.61 Å². The van der Waals surface area contributed by atoms with Crippen molar-refractivity contribution in [3.8, 4) is 11.3 Å². The molecule has 7 nitrogen and oxygen atoms in total. The fraction of sp³-hybridized carbons (Fsp3) is 0.190. The molecule has 29 heavy (non-hydrogen) atoms. The number of methoxy groups -OCH3 is 1. The molecule has 0 unspecified atom stereocenters. The average molecular weight is 384 g/mol. The topological polar surface area (TPSA) is 76.4 Å². The molecule has 3 aromatic heterocycles. The molecule has 0 atom stereocenters. The summed E-state index contributed by atoms with van der Waals surface area (Å²) < 4.78 is 6.75. The van der Waals surface area contributed by atoms with Crippen molar-refractivity contribution in [1.29, 1.82) is 0 Å². The van der Waals surface area contributed by atoms with E-state index in [-0.39, 0.29) is 0 Å². The Bertz CT molecular complexity index is 1080. The van der Waals surface area contributed by atoms with Crippen LogP contribution in [0.15, 0.2) is 60.9 Å². The first-order valence-electron chi connectivity index (χ1n) is 9.36. The molecule has 0 aliphatic carbocycles. The normalized spacial score (nSPS) is 10.9. The SMILES string of the molecule is [B]c1cnn2c(NCc3ccc(NCCOC)nc3)cc(-c3ccccc3)nc12. The van der Waals surface area contributed by atoms with E-state index in [4.69, 9.17) is 12.6 Å². The van der Waals surface area contributed by atoms with E-state index in [1.54, 1.807) is 17.8 Å². The Balaban J connectivity index is 1.54. The van der Waals surface area contributed by atoms with Crippen LogP contribution in [0, 0.1) is 0 Å². The Labute approximate surface area is 170 Å². The first kappa shape index (κ1) is 19.0. The summed E-state index contributed by atoms with van der Waals surface area (Å²) in [5.41, 5.74) is 4.08. The lowest BCUT2D eigenvalue weighted by molar-refractivity contribution is 0.210. The molecule has 4 aromatic rings. The van der Waals surface area contributed by atoms with Crippen LogP contribution in [0.5, 0.6) is 0 Å². The van der Waals surface area contributed by atoms with Crippen LogP contribution >= 0.6 is 0 Å². The van der Waals surface area contributed by atoms with Crippen molar-refractivity contribution in [3.63, 3.8) is 0 Å². The van der Waals surface area contributed by atoms with E-state index in [1.165, 1.54) is 0 Å². The van der Waals surface area contributed by atoms with Crippen LogP contribution < -0.4 is 16.1 Å². The van der Waals surface area contributed by atoms with Gasteiger partial charge in [0.05, 0.1) is 12.3 Å². The van der Waals surface area contributed by atoms with Crippen molar-refractivity contribution in [1.82, 2.24) is 19.6 Å². The quantitative estimate of drug-likeness (QED) is 0.359. The monoisotopic (exact) mass is 384 g/mol. The number of nitrogens with zero attached hydrogens (tertiary/aromatic N) is 4. The molecule has 0 aliphatic rings. The molecule has 0 aliphatic heterocycles. The Hall–Kier alpha value is -3.39. The van der Waals surface area contributed by atoms with Gasteiger partial charge in [0.25, 0.3) is 0 Å². The summed E-state index contributed by atoms with van der Waals surface area (Å²) in [6, 6.07) is 16.0. The zero-order chi connectivity index (χ0) is 20.1. The van der Waals surface area contributed by atoms with E-state index in [1.807, 2.05) is 54.7 Å². The van der Waals surface area contributed by atoms with Crippen molar-refractivity contribution in [2.75, 3.05) is 30.9 Å². The lowest BCUT2D eigenvalue weighted by Crippen LogP contribution is -2.10. The molecule has 2 radical (unpaired) electrons. The lowest BCUT2D eigenvalue weighted by Gasteiger charge is -2.12. The summed E-state index contributed by atoms with van der Waals surface area (Å²) in [5.74, 6) is 1.64. The minimum absolute atomic E-state index is 0.541. The van der Waals surface area contributed by atoms with Gasteiger partial charge < -0.3 is 15.4 Å². The highest BCUT2D eigenvalue weighted by atomic mass is 16.5. The number of benzene rings is 1. The Kier molecular flexibility index (Phi) is 5.72. The van der Waals surface area contributed by atoms with Crippen LogP contribution in [0.1, 0.15) is 5.56 Å². The fourth-order valence-electron chi connectivity index (χ4n) is 2.97. The summed E-state index contributed by atoms with van der Waals surface area (Å²) in [4.78, 5) is 9.11. The van der Waals surface area contributed by atoms with Crippen molar-refractivity contribution < 1.29 is 4.74 Å². The molecule has 0 spiro atoms. The van der Waals surface area contributed by atoms with E-state index in [9.17, 15) is 0 Å². The van der Waals surface area contributed by atoms with Crippen molar-refractivity contribution >= 4 is 30.6 Å². The van der Waals surface area contributed by atoms with Gasteiger partial charge in [0, 0.05) is 44.2 Å². The molecule has 2 N–H and O–H groups in total. The molecule has 0 saturated carbocycles. The van der Waals surface area contributed by atoms with Gasteiger partial charge in [-0.1, -0.05) is 36.4 Å². The lowest BCUT2D eigenvalue weighted by atomic mass is 10.0. The third-order valence-electron chi connectivity index (χ3n) is 4.48. The molecular weight excluding hydrogens is 363 g/mol. The second kappa shape index (κ2) is 8.75. The number of ether oxygens (including phenoxy) is 1. The van der Waals surface area contributed by atoms with E-state index in [2.05, 4.69) is 25.7 Å². The van der Waals surface area contributed by atoms with Crippen molar-refractivity contribution in [3.05, 3.63) is 66.5 Å². The molecule has 144 valence electrons. The maximum absolute atomic E-state index is 6.07. The summed E-state index contributed by atoms with van der Waals surface area (Å²) in [7, 11) is 7.74. The fourth-order valence-corrected chi connectivity index (χ4v) is 2.97. The largest absolute Gasteiger partial charge is 0.383 e. The van der Waals surface area contributed by atoms with Gasteiger partial charge in [-0.05, 0) is 17.1 Å². The summed E-state index contributed by atoms with van der Waals surface area (Å²) in [5, 5.41) is 11.0. The number of pyridine rings is 1. The summed E-state index contributed by atoms with van der Waals surface area (Å²) in [6.07, 6.45) is 3.46. The number of fused-ring (bicyclic) bond motifs is 1. The van der Waals surface area contributed by atoms with Crippen LogP contribution in [-0.4, -0.2) is 47.7 Å². The minimum Gasteiger partial charge on any atom is -0.383 e. The number of rotatable bonds is 8. The molecular formula is C21H21BN6O. The summed E-state index contributed by atoms with van der Waals surface area (Å²) >= 11 is 0. The number of hydrogen-bond donors (Lipinski definition) is 2. The number of hydrogen-bond acceptors (Lipinski definition) is 6. The Morgan fingerprint density at radius 2 is 1.93 bits per heavy atom. The van der Waals surface area contributed by atoms with Gasteiger partial charge in [-0.15, -0.1) is 0 Å². The molecule has 3 heterocycles. The van der Waals surface area contributed by atoms with Crippen LogP contribution in [0.4, 0.5) is 11.6 Å². The molecule has 1 aromatic carbocycles. The molecule has 4 rings (SSSR count). The number of aromatic nitrogens is 4. The highest BCUT2D eigenvalue weighted by molar-refractivity contribution is 6.36. The Morgan fingerprint density at radius 1 is 1.07 bits per heavy atom. The van der Waals surface area contributed by atoms with Crippen molar-refractivity contribution in [2.24, 2.45) is 0 Å². The van der Waals surface area contributed by atoms with E-state index in [0.717, 1.165) is 35.0 Å². The highest BCUT2D eigenvalue weighted by Gasteiger charge is 2.10. The average Bonchev–Trinajstić information content (AvgIpc) is 3.15. The van der Waals surface area contributed by atoms with Gasteiger partial charge in [0.15, 0.2) is 5.65 Å². The predicted molar refractivity (Wildman–Crippen MR) is 116 cm³/mol. The summed E-state index contributed by atoms with van der Waals surface area (Å²) in [6.45, 7) is 1.96. The molecule has 0 saturated heterocycles. The van der Waals surface area contributed by atoms with Gasteiger partial charge in [-0.3, -0.25) is 0 Å². The first-order chi connectivity index (χ1) is 14.2. The van der Waals surface area contributed by atoms with Gasteiger partial charge in [0.2, 0.25) is 0 Å². The smallest absolute Gasteiger partial charge is 0.150 e. The van der Waals surface area contributed by atoms with Gasteiger partial charge in [0.1, 0.15) is 19.5 Å². The molecule has 0 amide bonds. The van der Waals surface area contributed by atoms with Crippen LogP contribution in [-0.2, 0) is 11.3 Å². The third-order valence-corrected chi connectivity index (χ3v) is 4.48. The second-order valence-electron chi connectivity index (χ2n) is 6.55. The van der Waals surface area contributed by atoms with E-state index >= 15 is 0 Å². The van der Waals surface area contributed by atoms with Gasteiger partial charge in [-0.25, -0.2) is 9.97 Å². The molecule has 0 fully saturated rings. The molecule has 0 bridgehead atoms. The van der Waals surface area contributed by atoms with Gasteiger partial charge >= 0.3 is 0 Å².